The standard InChI is InChI=1S/C14H25NS/c1-6-11-8-10-16-13(11)12(15-5)7-9-14(2,3)4/h8,10,12,15H,6-7,9H2,1-5H3. The first-order valence-corrected chi connectivity index (χ1v) is 7.09. The predicted octanol–water partition coefficient (Wildman–Crippen LogP) is 4.40. The van der Waals surface area contributed by atoms with Crippen LogP contribution in [0.3, 0.4) is 0 Å². The van der Waals surface area contributed by atoms with Crippen molar-refractivity contribution in [1.29, 1.82) is 0 Å². The van der Waals surface area contributed by atoms with Crippen molar-refractivity contribution in [2.24, 2.45) is 5.41 Å². The van der Waals surface area contributed by atoms with E-state index in [9.17, 15) is 0 Å². The van der Waals surface area contributed by atoms with E-state index < -0.39 is 0 Å². The van der Waals surface area contributed by atoms with Crippen molar-refractivity contribution in [2.45, 2.75) is 53.0 Å². The minimum atomic E-state index is 0.429. The molecule has 1 nitrogen and oxygen atoms in total. The molecule has 0 saturated heterocycles. The molecule has 0 aliphatic heterocycles. The Morgan fingerprint density at radius 3 is 2.56 bits per heavy atom. The third-order valence-electron chi connectivity index (χ3n) is 3.01. The number of nitrogens with one attached hydrogen (secondary N) is 1. The highest BCUT2D eigenvalue weighted by molar-refractivity contribution is 7.10. The Labute approximate surface area is 104 Å². The fourth-order valence-corrected chi connectivity index (χ4v) is 3.07. The zero-order valence-electron chi connectivity index (χ0n) is 11.3. The highest BCUT2D eigenvalue weighted by Gasteiger charge is 2.18. The summed E-state index contributed by atoms with van der Waals surface area (Å²) in [6, 6.07) is 2.80. The van der Waals surface area contributed by atoms with Crippen molar-refractivity contribution in [2.75, 3.05) is 7.05 Å². The lowest BCUT2D eigenvalue weighted by Gasteiger charge is -2.23. The Bertz CT molecular complexity index is 309. The molecular weight excluding hydrogens is 214 g/mol. The number of rotatable bonds is 5. The van der Waals surface area contributed by atoms with E-state index in [1.165, 1.54) is 23.3 Å². The fourth-order valence-electron chi connectivity index (χ4n) is 1.93. The summed E-state index contributed by atoms with van der Waals surface area (Å²) in [5.41, 5.74) is 1.94. The highest BCUT2D eigenvalue weighted by atomic mass is 32.1. The summed E-state index contributed by atoms with van der Waals surface area (Å²) in [6.07, 6.45) is 3.64. The number of aryl methyl sites for hydroxylation is 1. The first kappa shape index (κ1) is 13.7. The van der Waals surface area contributed by atoms with Crippen molar-refractivity contribution < 1.29 is 0 Å². The molecule has 0 aliphatic carbocycles. The van der Waals surface area contributed by atoms with Gasteiger partial charge in [-0.2, -0.15) is 0 Å². The van der Waals surface area contributed by atoms with Crippen molar-refractivity contribution in [3.63, 3.8) is 0 Å². The SMILES string of the molecule is CCc1ccsc1C(CCC(C)(C)C)NC. The molecule has 92 valence electrons. The average Bonchev–Trinajstić information content (AvgIpc) is 2.65. The van der Waals surface area contributed by atoms with Gasteiger partial charge < -0.3 is 5.32 Å². The van der Waals surface area contributed by atoms with Gasteiger partial charge in [0.1, 0.15) is 0 Å². The Morgan fingerprint density at radius 2 is 2.06 bits per heavy atom. The third kappa shape index (κ3) is 3.91. The van der Waals surface area contributed by atoms with E-state index in [2.05, 4.69) is 51.5 Å². The van der Waals surface area contributed by atoms with Crippen LogP contribution in [0.15, 0.2) is 11.4 Å². The zero-order valence-corrected chi connectivity index (χ0v) is 12.1. The monoisotopic (exact) mass is 239 g/mol. The maximum Gasteiger partial charge on any atom is 0.0415 e. The van der Waals surface area contributed by atoms with Crippen LogP contribution in [-0.2, 0) is 6.42 Å². The van der Waals surface area contributed by atoms with Gasteiger partial charge in [0.05, 0.1) is 0 Å². The van der Waals surface area contributed by atoms with Crippen molar-refractivity contribution >= 4 is 11.3 Å². The molecule has 0 aliphatic rings. The zero-order chi connectivity index (χ0) is 12.2. The third-order valence-corrected chi connectivity index (χ3v) is 4.08. The van der Waals surface area contributed by atoms with E-state index in [4.69, 9.17) is 0 Å². The van der Waals surface area contributed by atoms with Crippen LogP contribution in [0.4, 0.5) is 0 Å². The minimum absolute atomic E-state index is 0.429. The van der Waals surface area contributed by atoms with Gasteiger partial charge >= 0.3 is 0 Å². The molecule has 1 rings (SSSR count). The van der Waals surface area contributed by atoms with Gasteiger partial charge in [-0.05, 0) is 48.7 Å². The van der Waals surface area contributed by atoms with E-state index in [0.717, 1.165) is 6.42 Å². The van der Waals surface area contributed by atoms with Crippen LogP contribution in [0.25, 0.3) is 0 Å². The predicted molar refractivity (Wildman–Crippen MR) is 74.2 cm³/mol. The van der Waals surface area contributed by atoms with Crippen molar-refractivity contribution in [3.05, 3.63) is 21.9 Å². The van der Waals surface area contributed by atoms with E-state index in [1.54, 1.807) is 0 Å². The summed E-state index contributed by atoms with van der Waals surface area (Å²) < 4.78 is 0. The molecule has 0 spiro atoms. The summed E-state index contributed by atoms with van der Waals surface area (Å²) in [4.78, 5) is 1.54. The summed E-state index contributed by atoms with van der Waals surface area (Å²) in [5.74, 6) is 0. The second-order valence-electron chi connectivity index (χ2n) is 5.60. The Hall–Kier alpha value is -0.340. The molecule has 2 heteroatoms. The number of hydrogen-bond acceptors (Lipinski definition) is 2. The van der Waals surface area contributed by atoms with Gasteiger partial charge in [0.15, 0.2) is 0 Å². The summed E-state index contributed by atoms with van der Waals surface area (Å²) in [5, 5.41) is 5.68. The molecule has 1 aromatic heterocycles. The Balaban J connectivity index is 2.67. The molecule has 1 aromatic rings. The summed E-state index contributed by atoms with van der Waals surface area (Å²) in [7, 11) is 2.08. The molecule has 0 fully saturated rings. The lowest BCUT2D eigenvalue weighted by Crippen LogP contribution is -2.19. The quantitative estimate of drug-likeness (QED) is 0.803. The molecule has 0 radical (unpaired) electrons. The first-order chi connectivity index (χ1) is 7.48. The van der Waals surface area contributed by atoms with E-state index in [0.29, 0.717) is 11.5 Å². The largest absolute Gasteiger partial charge is 0.312 e. The van der Waals surface area contributed by atoms with Crippen LogP contribution >= 0.6 is 11.3 Å². The van der Waals surface area contributed by atoms with Gasteiger partial charge in [0, 0.05) is 10.9 Å². The maximum absolute atomic E-state index is 3.46. The van der Waals surface area contributed by atoms with Crippen LogP contribution in [0.1, 0.15) is 57.0 Å². The van der Waals surface area contributed by atoms with E-state index in [-0.39, 0.29) is 0 Å². The summed E-state index contributed by atoms with van der Waals surface area (Å²) >= 11 is 1.89. The molecule has 0 bridgehead atoms. The molecular formula is C14H25NS. The molecule has 0 saturated carbocycles. The second kappa shape index (κ2) is 5.83. The molecule has 1 N–H and O–H groups in total. The summed E-state index contributed by atoms with van der Waals surface area (Å²) in [6.45, 7) is 9.18. The van der Waals surface area contributed by atoms with Gasteiger partial charge in [-0.1, -0.05) is 27.7 Å². The van der Waals surface area contributed by atoms with Crippen molar-refractivity contribution in [1.82, 2.24) is 5.32 Å². The average molecular weight is 239 g/mol. The molecule has 0 amide bonds. The molecule has 1 atom stereocenters. The van der Waals surface area contributed by atoms with Gasteiger partial charge in [-0.15, -0.1) is 11.3 Å². The molecule has 16 heavy (non-hydrogen) atoms. The van der Waals surface area contributed by atoms with Crippen molar-refractivity contribution in [3.8, 4) is 0 Å². The van der Waals surface area contributed by atoms with Crippen LogP contribution in [-0.4, -0.2) is 7.05 Å². The lowest BCUT2D eigenvalue weighted by molar-refractivity contribution is 0.339. The Kier molecular flexibility index (Phi) is 5.00. The molecule has 1 unspecified atom stereocenters. The first-order valence-electron chi connectivity index (χ1n) is 6.21. The fraction of sp³-hybridized carbons (Fsp3) is 0.714. The minimum Gasteiger partial charge on any atom is -0.312 e. The molecule has 0 aromatic carbocycles. The van der Waals surface area contributed by atoms with Crippen LogP contribution in [0.5, 0.6) is 0 Å². The topological polar surface area (TPSA) is 12.0 Å². The van der Waals surface area contributed by atoms with Gasteiger partial charge in [0.25, 0.3) is 0 Å². The number of hydrogen-bond donors (Lipinski definition) is 1. The van der Waals surface area contributed by atoms with Gasteiger partial charge in [-0.3, -0.25) is 0 Å². The Morgan fingerprint density at radius 1 is 1.38 bits per heavy atom. The maximum atomic E-state index is 3.46. The molecule has 1 heterocycles. The van der Waals surface area contributed by atoms with Crippen LogP contribution in [0.2, 0.25) is 0 Å². The van der Waals surface area contributed by atoms with Crippen LogP contribution in [0, 0.1) is 5.41 Å². The van der Waals surface area contributed by atoms with E-state index in [1.807, 2.05) is 11.3 Å². The van der Waals surface area contributed by atoms with Crippen LogP contribution < -0.4 is 5.32 Å². The highest BCUT2D eigenvalue weighted by Crippen LogP contribution is 2.31. The second-order valence-corrected chi connectivity index (χ2v) is 6.55. The normalized spacial score (nSPS) is 14.1. The van der Waals surface area contributed by atoms with Gasteiger partial charge in [0.2, 0.25) is 0 Å². The van der Waals surface area contributed by atoms with Gasteiger partial charge in [-0.25, -0.2) is 0 Å². The number of thiophene rings is 1. The lowest BCUT2D eigenvalue weighted by atomic mass is 9.88. The van der Waals surface area contributed by atoms with E-state index >= 15 is 0 Å². The smallest absolute Gasteiger partial charge is 0.0415 e.